The first-order valence-electron chi connectivity index (χ1n) is 8.67. The zero-order valence-corrected chi connectivity index (χ0v) is 16.2. The lowest BCUT2D eigenvalue weighted by Crippen LogP contribution is -2.24. The molecule has 142 valence electrons. The van der Waals surface area contributed by atoms with E-state index in [0.717, 1.165) is 17.9 Å². The van der Waals surface area contributed by atoms with Gasteiger partial charge in [-0.1, -0.05) is 30.8 Å². The highest BCUT2D eigenvalue weighted by Crippen LogP contribution is 2.18. The van der Waals surface area contributed by atoms with E-state index < -0.39 is 0 Å². The maximum atomic E-state index is 11.9. The van der Waals surface area contributed by atoms with Crippen LogP contribution in [0, 0.1) is 0 Å². The average molecular weight is 386 g/mol. The smallest absolute Gasteiger partial charge is 0.230 e. The van der Waals surface area contributed by atoms with Crippen molar-refractivity contribution in [1.29, 1.82) is 0 Å². The van der Waals surface area contributed by atoms with Crippen molar-refractivity contribution in [2.24, 2.45) is 7.05 Å². The molecule has 0 bridgehead atoms. The zero-order chi connectivity index (χ0) is 19.1. The number of hydrogen-bond donors (Lipinski definition) is 1. The Morgan fingerprint density at radius 2 is 2.07 bits per heavy atom. The number of benzene rings is 1. The molecule has 0 spiro atoms. The van der Waals surface area contributed by atoms with Crippen molar-refractivity contribution in [2.75, 3.05) is 5.75 Å². The molecule has 1 amide bonds. The monoisotopic (exact) mass is 386 g/mol. The molecule has 2 heterocycles. The minimum Gasteiger partial charge on any atom is -0.486 e. The van der Waals surface area contributed by atoms with E-state index in [9.17, 15) is 4.79 Å². The number of furan rings is 1. The molecule has 8 heteroatoms. The summed E-state index contributed by atoms with van der Waals surface area (Å²) >= 11 is 1.33. The zero-order valence-electron chi connectivity index (χ0n) is 15.3. The van der Waals surface area contributed by atoms with E-state index in [4.69, 9.17) is 9.15 Å². The van der Waals surface area contributed by atoms with Crippen LogP contribution in [-0.4, -0.2) is 26.4 Å². The summed E-state index contributed by atoms with van der Waals surface area (Å²) in [4.78, 5) is 11.9. The van der Waals surface area contributed by atoms with Gasteiger partial charge in [0.2, 0.25) is 5.91 Å². The van der Waals surface area contributed by atoms with E-state index in [0.29, 0.717) is 24.1 Å². The van der Waals surface area contributed by atoms with Gasteiger partial charge in [-0.05, 0) is 36.2 Å². The third kappa shape index (κ3) is 5.37. The van der Waals surface area contributed by atoms with Crippen LogP contribution in [0.5, 0.6) is 5.75 Å². The number of nitrogens with zero attached hydrogens (tertiary/aromatic N) is 3. The lowest BCUT2D eigenvalue weighted by molar-refractivity contribution is -0.118. The fourth-order valence-electron chi connectivity index (χ4n) is 2.35. The lowest BCUT2D eigenvalue weighted by Gasteiger charge is -2.07. The Hall–Kier alpha value is -2.74. The predicted octanol–water partition coefficient (Wildman–Crippen LogP) is 2.96. The molecule has 2 aromatic heterocycles. The first-order valence-corrected chi connectivity index (χ1v) is 9.66. The number of carbonyl (C=O) groups is 1. The molecule has 3 rings (SSSR count). The van der Waals surface area contributed by atoms with Gasteiger partial charge in [-0.15, -0.1) is 10.2 Å². The van der Waals surface area contributed by atoms with E-state index in [1.54, 1.807) is 12.3 Å². The van der Waals surface area contributed by atoms with Crippen LogP contribution in [0.2, 0.25) is 0 Å². The third-order valence-electron chi connectivity index (χ3n) is 4.00. The van der Waals surface area contributed by atoms with Crippen LogP contribution < -0.4 is 10.1 Å². The highest BCUT2D eigenvalue weighted by molar-refractivity contribution is 7.99. The van der Waals surface area contributed by atoms with Crippen LogP contribution in [0.25, 0.3) is 0 Å². The van der Waals surface area contributed by atoms with Gasteiger partial charge in [0.25, 0.3) is 0 Å². The van der Waals surface area contributed by atoms with Crippen LogP contribution in [0.1, 0.15) is 24.1 Å². The number of amides is 1. The Bertz CT molecular complexity index is 860. The molecule has 3 aromatic rings. The molecule has 27 heavy (non-hydrogen) atoms. The van der Waals surface area contributed by atoms with Crippen molar-refractivity contribution in [1.82, 2.24) is 20.1 Å². The van der Waals surface area contributed by atoms with Crippen LogP contribution >= 0.6 is 11.8 Å². The maximum Gasteiger partial charge on any atom is 0.230 e. The van der Waals surface area contributed by atoms with Crippen LogP contribution in [0.4, 0.5) is 0 Å². The number of hydrogen-bond acceptors (Lipinski definition) is 6. The molecule has 1 N–H and O–H groups in total. The number of carbonyl (C=O) groups excluding carboxylic acids is 1. The maximum absolute atomic E-state index is 11.9. The lowest BCUT2D eigenvalue weighted by atomic mass is 10.2. The van der Waals surface area contributed by atoms with Gasteiger partial charge in [0.1, 0.15) is 18.1 Å². The second-order valence-corrected chi connectivity index (χ2v) is 6.83. The average Bonchev–Trinajstić information content (AvgIpc) is 3.33. The summed E-state index contributed by atoms with van der Waals surface area (Å²) in [6.45, 7) is 2.81. The molecule has 0 aliphatic carbocycles. The minimum absolute atomic E-state index is 0.0896. The molecule has 1 aromatic carbocycles. The van der Waals surface area contributed by atoms with Gasteiger partial charge >= 0.3 is 0 Å². The van der Waals surface area contributed by atoms with Crippen LogP contribution in [-0.2, 0) is 31.4 Å². The van der Waals surface area contributed by atoms with Gasteiger partial charge in [-0.2, -0.15) is 0 Å². The van der Waals surface area contributed by atoms with Crippen LogP contribution in [0.15, 0.2) is 52.2 Å². The van der Waals surface area contributed by atoms with Crippen molar-refractivity contribution in [3.05, 3.63) is 59.8 Å². The molecule has 0 radical (unpaired) electrons. The molecule has 0 saturated carbocycles. The van der Waals surface area contributed by atoms with E-state index in [1.165, 1.54) is 17.3 Å². The van der Waals surface area contributed by atoms with Gasteiger partial charge in [-0.3, -0.25) is 4.79 Å². The third-order valence-corrected chi connectivity index (χ3v) is 5.02. The Morgan fingerprint density at radius 1 is 1.26 bits per heavy atom. The number of thioether (sulfide) groups is 1. The molecule has 0 fully saturated rings. The summed E-state index contributed by atoms with van der Waals surface area (Å²) in [6.07, 6.45) is 2.58. The summed E-state index contributed by atoms with van der Waals surface area (Å²) in [6, 6.07) is 11.6. The predicted molar refractivity (Wildman–Crippen MR) is 102 cm³/mol. The van der Waals surface area contributed by atoms with Gasteiger partial charge in [0.05, 0.1) is 18.6 Å². The number of rotatable bonds is 9. The van der Waals surface area contributed by atoms with E-state index in [2.05, 4.69) is 34.6 Å². The molecule has 7 nitrogen and oxygen atoms in total. The standard InChI is InChI=1S/C19H22N4O3S/c1-3-14-6-8-15(9-7-14)26-12-17-21-22-19(23(17)2)27-13-18(24)20-11-16-5-4-10-25-16/h4-10H,3,11-13H2,1-2H3,(H,20,24). The highest BCUT2D eigenvalue weighted by Gasteiger charge is 2.12. The number of aromatic nitrogens is 3. The summed E-state index contributed by atoms with van der Waals surface area (Å²) in [7, 11) is 1.86. The Labute approximate surface area is 162 Å². The Balaban J connectivity index is 1.46. The van der Waals surface area contributed by atoms with Gasteiger partial charge in [0.15, 0.2) is 11.0 Å². The van der Waals surface area contributed by atoms with E-state index in [1.807, 2.05) is 29.8 Å². The second kappa shape index (κ2) is 9.27. The van der Waals surface area contributed by atoms with E-state index >= 15 is 0 Å². The largest absolute Gasteiger partial charge is 0.486 e. The highest BCUT2D eigenvalue weighted by atomic mass is 32.2. The topological polar surface area (TPSA) is 82.2 Å². The molecular formula is C19H22N4O3S. The quantitative estimate of drug-likeness (QED) is 0.570. The molecule has 0 unspecified atom stereocenters. The van der Waals surface area contributed by atoms with Gasteiger partial charge < -0.3 is 19.0 Å². The second-order valence-electron chi connectivity index (χ2n) is 5.89. The van der Waals surface area contributed by atoms with Crippen LogP contribution in [0.3, 0.4) is 0 Å². The summed E-state index contributed by atoms with van der Waals surface area (Å²) < 4.78 is 12.8. The number of aryl methyl sites for hydroxylation is 1. The minimum atomic E-state index is -0.0896. The Kier molecular flexibility index (Phi) is 6.54. The molecule has 0 aliphatic rings. The summed E-state index contributed by atoms with van der Waals surface area (Å²) in [5.74, 6) is 2.38. The molecule has 0 atom stereocenters. The SMILES string of the molecule is CCc1ccc(OCc2nnc(SCC(=O)NCc3ccco3)n2C)cc1. The summed E-state index contributed by atoms with van der Waals surface area (Å²) in [5, 5.41) is 11.8. The molecule has 0 aliphatic heterocycles. The van der Waals surface area contributed by atoms with Crippen molar-refractivity contribution in [2.45, 2.75) is 31.7 Å². The number of ether oxygens (including phenoxy) is 1. The fraction of sp³-hybridized carbons (Fsp3) is 0.316. The molecule has 0 saturated heterocycles. The van der Waals surface area contributed by atoms with E-state index in [-0.39, 0.29) is 11.7 Å². The summed E-state index contributed by atoms with van der Waals surface area (Å²) in [5.41, 5.74) is 1.27. The number of nitrogens with one attached hydrogen (secondary N) is 1. The first kappa shape index (κ1) is 19.0. The fourth-order valence-corrected chi connectivity index (χ4v) is 3.11. The van der Waals surface area contributed by atoms with Gasteiger partial charge in [0, 0.05) is 7.05 Å². The van der Waals surface area contributed by atoms with Crippen molar-refractivity contribution in [3.8, 4) is 5.75 Å². The van der Waals surface area contributed by atoms with Crippen molar-refractivity contribution in [3.63, 3.8) is 0 Å². The van der Waals surface area contributed by atoms with Crippen molar-refractivity contribution >= 4 is 17.7 Å². The van der Waals surface area contributed by atoms with Gasteiger partial charge in [-0.25, -0.2) is 0 Å². The van der Waals surface area contributed by atoms with Crippen molar-refractivity contribution < 1.29 is 13.9 Å². The molecular weight excluding hydrogens is 364 g/mol. The first-order chi connectivity index (χ1) is 13.2. The Morgan fingerprint density at radius 3 is 2.78 bits per heavy atom. The normalized spacial score (nSPS) is 10.7.